The summed E-state index contributed by atoms with van der Waals surface area (Å²) in [6.07, 6.45) is 1.78. The van der Waals surface area contributed by atoms with Crippen LogP contribution in [0.2, 0.25) is 0 Å². The van der Waals surface area contributed by atoms with Gasteiger partial charge in [-0.15, -0.1) is 0 Å². The maximum absolute atomic E-state index is 5.99. The average Bonchev–Trinajstić information content (AvgIpc) is 2.56. The van der Waals surface area contributed by atoms with Gasteiger partial charge in [0.05, 0.1) is 12.8 Å². The van der Waals surface area contributed by atoms with E-state index in [2.05, 4.69) is 19.8 Å². The molecule has 6 heteroatoms. The predicted molar refractivity (Wildman–Crippen MR) is 83.9 cm³/mol. The van der Waals surface area contributed by atoms with Gasteiger partial charge in [0.1, 0.15) is 5.82 Å². The van der Waals surface area contributed by atoms with Gasteiger partial charge in [-0.05, 0) is 18.2 Å². The fraction of sp³-hybridized carbons (Fsp3) is 0.333. The smallest absolute Gasteiger partial charge is 0.214 e. The first kappa shape index (κ1) is 13.5. The van der Waals surface area contributed by atoms with Crippen molar-refractivity contribution in [2.45, 2.75) is 0 Å². The van der Waals surface area contributed by atoms with Crippen molar-refractivity contribution in [1.29, 1.82) is 0 Å². The van der Waals surface area contributed by atoms with Gasteiger partial charge in [0, 0.05) is 38.4 Å². The first-order valence-electron chi connectivity index (χ1n) is 6.99. The van der Waals surface area contributed by atoms with Crippen molar-refractivity contribution in [3.63, 3.8) is 0 Å². The van der Waals surface area contributed by atoms with Gasteiger partial charge in [0.2, 0.25) is 5.88 Å². The highest BCUT2D eigenvalue weighted by atomic mass is 16.5. The summed E-state index contributed by atoms with van der Waals surface area (Å²) in [5.41, 5.74) is 6.72. The summed E-state index contributed by atoms with van der Waals surface area (Å²) >= 11 is 0. The highest BCUT2D eigenvalue weighted by Crippen LogP contribution is 2.23. The van der Waals surface area contributed by atoms with E-state index < -0.39 is 0 Å². The number of hydrogen-bond acceptors (Lipinski definition) is 6. The number of nitrogen functional groups attached to an aromatic ring is 1. The molecule has 3 rings (SSSR count). The van der Waals surface area contributed by atoms with E-state index in [1.165, 1.54) is 0 Å². The topological polar surface area (TPSA) is 67.5 Å². The normalized spacial score (nSPS) is 15.1. The van der Waals surface area contributed by atoms with Gasteiger partial charge < -0.3 is 20.3 Å². The van der Waals surface area contributed by atoms with Crippen LogP contribution in [0.3, 0.4) is 0 Å². The number of methoxy groups -OCH3 is 1. The molecule has 2 aromatic rings. The highest BCUT2D eigenvalue weighted by molar-refractivity contribution is 5.62. The van der Waals surface area contributed by atoms with E-state index in [-0.39, 0.29) is 0 Å². The molecule has 0 bridgehead atoms. The van der Waals surface area contributed by atoms with Crippen molar-refractivity contribution in [2.24, 2.45) is 0 Å². The molecule has 110 valence electrons. The van der Waals surface area contributed by atoms with Gasteiger partial charge in [-0.1, -0.05) is 6.07 Å². The minimum absolute atomic E-state index is 0.643. The Morgan fingerprint density at radius 1 is 1.05 bits per heavy atom. The quantitative estimate of drug-likeness (QED) is 0.919. The van der Waals surface area contributed by atoms with Gasteiger partial charge in [-0.25, -0.2) is 4.98 Å². The van der Waals surface area contributed by atoms with Crippen molar-refractivity contribution in [2.75, 3.05) is 48.8 Å². The van der Waals surface area contributed by atoms with Crippen LogP contribution in [0, 0.1) is 0 Å². The summed E-state index contributed by atoms with van der Waals surface area (Å²) in [7, 11) is 1.63. The Labute approximate surface area is 124 Å². The molecule has 2 aromatic heterocycles. The van der Waals surface area contributed by atoms with Crippen LogP contribution in [0.1, 0.15) is 0 Å². The fourth-order valence-electron chi connectivity index (χ4n) is 2.51. The molecule has 0 aromatic carbocycles. The first-order valence-corrected chi connectivity index (χ1v) is 6.99. The fourth-order valence-corrected chi connectivity index (χ4v) is 2.51. The summed E-state index contributed by atoms with van der Waals surface area (Å²) in [4.78, 5) is 13.3. The molecule has 0 aliphatic carbocycles. The number of ether oxygens (including phenoxy) is 1. The summed E-state index contributed by atoms with van der Waals surface area (Å²) in [6.45, 7) is 3.52. The Hall–Kier alpha value is -2.50. The van der Waals surface area contributed by atoms with Crippen LogP contribution in [-0.2, 0) is 0 Å². The minimum Gasteiger partial charge on any atom is -0.481 e. The highest BCUT2D eigenvalue weighted by Gasteiger charge is 2.20. The average molecular weight is 285 g/mol. The SMILES string of the molecule is COc1cccc(N2CCN(c3ncccc3N)CC2)n1. The summed E-state index contributed by atoms with van der Waals surface area (Å²) in [5, 5.41) is 0. The Bertz CT molecular complexity index is 611. The van der Waals surface area contributed by atoms with Crippen LogP contribution in [0.5, 0.6) is 5.88 Å². The van der Waals surface area contributed by atoms with Gasteiger partial charge in [-0.3, -0.25) is 0 Å². The molecule has 0 atom stereocenters. The zero-order valence-corrected chi connectivity index (χ0v) is 12.1. The van der Waals surface area contributed by atoms with E-state index in [1.807, 2.05) is 30.3 Å². The molecule has 0 spiro atoms. The summed E-state index contributed by atoms with van der Waals surface area (Å²) < 4.78 is 5.18. The third-order valence-electron chi connectivity index (χ3n) is 3.64. The second-order valence-electron chi connectivity index (χ2n) is 4.93. The molecule has 6 nitrogen and oxygen atoms in total. The molecule has 3 heterocycles. The second kappa shape index (κ2) is 5.87. The van der Waals surface area contributed by atoms with Crippen LogP contribution in [0.15, 0.2) is 36.5 Å². The summed E-state index contributed by atoms with van der Waals surface area (Å²) in [5.74, 6) is 2.46. The second-order valence-corrected chi connectivity index (χ2v) is 4.93. The van der Waals surface area contributed by atoms with Crippen molar-refractivity contribution in [3.8, 4) is 5.88 Å². The molecule has 2 N–H and O–H groups in total. The molecule has 0 amide bonds. The van der Waals surface area contributed by atoms with Crippen LogP contribution in [-0.4, -0.2) is 43.3 Å². The third-order valence-corrected chi connectivity index (χ3v) is 3.64. The van der Waals surface area contributed by atoms with Gasteiger partial charge in [0.15, 0.2) is 5.82 Å². The van der Waals surface area contributed by atoms with Crippen LogP contribution < -0.4 is 20.3 Å². The van der Waals surface area contributed by atoms with E-state index in [0.29, 0.717) is 5.88 Å². The molecular formula is C15H19N5O. The third kappa shape index (κ3) is 2.84. The molecule has 1 aliphatic heterocycles. The minimum atomic E-state index is 0.643. The van der Waals surface area contributed by atoms with Crippen molar-refractivity contribution < 1.29 is 4.74 Å². The lowest BCUT2D eigenvalue weighted by Gasteiger charge is -2.36. The molecule has 0 saturated carbocycles. The number of aromatic nitrogens is 2. The molecule has 21 heavy (non-hydrogen) atoms. The lowest BCUT2D eigenvalue weighted by atomic mass is 10.2. The Kier molecular flexibility index (Phi) is 3.77. The Balaban J connectivity index is 1.69. The monoisotopic (exact) mass is 285 g/mol. The van der Waals surface area contributed by atoms with Crippen LogP contribution in [0.25, 0.3) is 0 Å². The zero-order valence-electron chi connectivity index (χ0n) is 12.1. The number of anilines is 3. The van der Waals surface area contributed by atoms with Crippen LogP contribution in [0.4, 0.5) is 17.3 Å². The molecule has 0 radical (unpaired) electrons. The van der Waals surface area contributed by atoms with Crippen molar-refractivity contribution in [3.05, 3.63) is 36.5 Å². The van der Waals surface area contributed by atoms with Crippen molar-refractivity contribution >= 4 is 17.3 Å². The summed E-state index contributed by atoms with van der Waals surface area (Å²) in [6, 6.07) is 9.57. The van der Waals surface area contributed by atoms with E-state index in [0.717, 1.165) is 43.5 Å². The van der Waals surface area contributed by atoms with Gasteiger partial charge in [0.25, 0.3) is 0 Å². The molecule has 1 fully saturated rings. The standard InChI is InChI=1S/C15H19N5O/c1-21-14-6-2-5-13(18-14)19-8-10-20(11-9-19)15-12(16)4-3-7-17-15/h2-7H,8-11,16H2,1H3. The largest absolute Gasteiger partial charge is 0.481 e. The number of nitrogens with two attached hydrogens (primary N) is 1. The number of piperazine rings is 1. The number of rotatable bonds is 3. The molecule has 0 unspecified atom stereocenters. The van der Waals surface area contributed by atoms with Crippen molar-refractivity contribution in [1.82, 2.24) is 9.97 Å². The Morgan fingerprint density at radius 2 is 1.81 bits per heavy atom. The van der Waals surface area contributed by atoms with Gasteiger partial charge >= 0.3 is 0 Å². The number of pyridine rings is 2. The molecular weight excluding hydrogens is 266 g/mol. The maximum Gasteiger partial charge on any atom is 0.214 e. The van der Waals surface area contributed by atoms with E-state index in [1.54, 1.807) is 13.3 Å². The van der Waals surface area contributed by atoms with Crippen LogP contribution >= 0.6 is 0 Å². The maximum atomic E-state index is 5.99. The predicted octanol–water partition coefficient (Wildman–Crippen LogP) is 1.39. The van der Waals surface area contributed by atoms with E-state index in [9.17, 15) is 0 Å². The zero-order chi connectivity index (χ0) is 14.7. The number of nitrogens with zero attached hydrogens (tertiary/aromatic N) is 4. The molecule has 1 saturated heterocycles. The lowest BCUT2D eigenvalue weighted by molar-refractivity contribution is 0.397. The number of hydrogen-bond donors (Lipinski definition) is 1. The first-order chi connectivity index (χ1) is 10.3. The molecule has 1 aliphatic rings. The van der Waals surface area contributed by atoms with E-state index >= 15 is 0 Å². The lowest BCUT2D eigenvalue weighted by Crippen LogP contribution is -2.47. The Morgan fingerprint density at radius 3 is 2.52 bits per heavy atom. The van der Waals surface area contributed by atoms with E-state index in [4.69, 9.17) is 10.5 Å². The van der Waals surface area contributed by atoms with Gasteiger partial charge in [-0.2, -0.15) is 4.98 Å².